The van der Waals surface area contributed by atoms with Crippen molar-refractivity contribution in [1.82, 2.24) is 5.32 Å². The van der Waals surface area contributed by atoms with Crippen molar-refractivity contribution in [2.24, 2.45) is 11.7 Å². The fraction of sp³-hybridized carbons (Fsp3) is 0.562. The molecule has 1 aromatic rings. The number of amides is 1. The maximum atomic E-state index is 13.6. The van der Waals surface area contributed by atoms with Crippen LogP contribution in [0.25, 0.3) is 0 Å². The van der Waals surface area contributed by atoms with Gasteiger partial charge >= 0.3 is 0 Å². The average Bonchev–Trinajstić information content (AvgIpc) is 2.47. The van der Waals surface area contributed by atoms with E-state index in [-0.39, 0.29) is 36.1 Å². The third kappa shape index (κ3) is 4.18. The Balaban J connectivity index is 0.00000242. The van der Waals surface area contributed by atoms with Gasteiger partial charge in [-0.25, -0.2) is 4.39 Å². The quantitative estimate of drug-likeness (QED) is 0.890. The predicted molar refractivity (Wildman–Crippen MR) is 86.3 cm³/mol. The number of nitrogens with two attached hydrogens (primary N) is 1. The maximum absolute atomic E-state index is 13.6. The van der Waals surface area contributed by atoms with Crippen LogP contribution >= 0.6 is 12.4 Å². The molecule has 2 unspecified atom stereocenters. The molecule has 2 atom stereocenters. The normalized spacial score (nSPS) is 19.6. The highest BCUT2D eigenvalue weighted by atomic mass is 35.5. The standard InChI is InChI=1S/C16H23FN2O2.ClH/c1-11(12(2)18)15(20)19-16(6-8-21-9-7-16)13-4-3-5-14(17)10-13;/h3-5,10-12H,6-9,18H2,1-2H3,(H,19,20);1H. The van der Waals surface area contributed by atoms with Gasteiger partial charge in [0, 0.05) is 25.2 Å². The summed E-state index contributed by atoms with van der Waals surface area (Å²) in [6.07, 6.45) is 1.27. The van der Waals surface area contributed by atoms with Crippen LogP contribution in [0.4, 0.5) is 4.39 Å². The van der Waals surface area contributed by atoms with Crippen LogP contribution in [0.3, 0.4) is 0 Å². The van der Waals surface area contributed by atoms with Gasteiger partial charge in [0.2, 0.25) is 5.91 Å². The average molecular weight is 331 g/mol. The zero-order chi connectivity index (χ0) is 15.5. The Hall–Kier alpha value is -1.17. The third-order valence-electron chi connectivity index (χ3n) is 4.29. The zero-order valence-corrected chi connectivity index (χ0v) is 13.8. The number of hydrogen-bond acceptors (Lipinski definition) is 3. The number of hydrogen-bond donors (Lipinski definition) is 2. The topological polar surface area (TPSA) is 64.4 Å². The van der Waals surface area contributed by atoms with Crippen molar-refractivity contribution in [1.29, 1.82) is 0 Å². The highest BCUT2D eigenvalue weighted by molar-refractivity contribution is 5.85. The zero-order valence-electron chi connectivity index (χ0n) is 13.0. The fourth-order valence-corrected chi connectivity index (χ4v) is 2.58. The molecular weight excluding hydrogens is 307 g/mol. The van der Waals surface area contributed by atoms with Crippen molar-refractivity contribution >= 4 is 18.3 Å². The van der Waals surface area contributed by atoms with Gasteiger partial charge in [0.15, 0.2) is 0 Å². The summed E-state index contributed by atoms with van der Waals surface area (Å²) in [5.74, 6) is -0.692. The van der Waals surface area contributed by atoms with Crippen LogP contribution in [0.1, 0.15) is 32.3 Å². The maximum Gasteiger partial charge on any atom is 0.225 e. The van der Waals surface area contributed by atoms with Gasteiger partial charge in [-0.2, -0.15) is 0 Å². The second-order valence-corrected chi connectivity index (χ2v) is 5.84. The van der Waals surface area contributed by atoms with Crippen LogP contribution < -0.4 is 11.1 Å². The molecule has 6 heteroatoms. The van der Waals surface area contributed by atoms with E-state index in [4.69, 9.17) is 10.5 Å². The van der Waals surface area contributed by atoms with Crippen molar-refractivity contribution in [2.45, 2.75) is 38.3 Å². The largest absolute Gasteiger partial charge is 0.381 e. The Kier molecular flexibility index (Phi) is 6.78. The second kappa shape index (κ2) is 7.90. The minimum atomic E-state index is -0.569. The van der Waals surface area contributed by atoms with Crippen molar-refractivity contribution < 1.29 is 13.9 Å². The molecule has 1 fully saturated rings. The van der Waals surface area contributed by atoms with Crippen molar-refractivity contribution in [3.8, 4) is 0 Å². The molecule has 1 aromatic carbocycles. The molecule has 22 heavy (non-hydrogen) atoms. The summed E-state index contributed by atoms with van der Waals surface area (Å²) in [4.78, 5) is 12.4. The van der Waals surface area contributed by atoms with E-state index >= 15 is 0 Å². The van der Waals surface area contributed by atoms with Gasteiger partial charge in [-0.3, -0.25) is 4.79 Å². The predicted octanol–water partition coefficient (Wildman–Crippen LogP) is 2.35. The summed E-state index contributed by atoms with van der Waals surface area (Å²) in [6.45, 7) is 4.70. The van der Waals surface area contributed by atoms with Gasteiger partial charge in [0.1, 0.15) is 5.82 Å². The van der Waals surface area contributed by atoms with Crippen LogP contribution in [0.15, 0.2) is 24.3 Å². The van der Waals surface area contributed by atoms with E-state index in [1.54, 1.807) is 13.0 Å². The molecule has 0 radical (unpaired) electrons. The van der Waals surface area contributed by atoms with Gasteiger partial charge in [-0.15, -0.1) is 12.4 Å². The Morgan fingerprint density at radius 3 is 2.55 bits per heavy atom. The van der Waals surface area contributed by atoms with Crippen molar-refractivity contribution in [3.63, 3.8) is 0 Å². The van der Waals surface area contributed by atoms with Crippen LogP contribution in [0.2, 0.25) is 0 Å². The molecule has 0 bridgehead atoms. The lowest BCUT2D eigenvalue weighted by atomic mass is 9.82. The molecule has 3 N–H and O–H groups in total. The fourth-order valence-electron chi connectivity index (χ4n) is 2.58. The molecule has 1 amide bonds. The summed E-state index contributed by atoms with van der Waals surface area (Å²) in [5, 5.41) is 3.09. The lowest BCUT2D eigenvalue weighted by molar-refractivity contribution is -0.128. The highest BCUT2D eigenvalue weighted by Crippen LogP contribution is 2.33. The van der Waals surface area contributed by atoms with Crippen LogP contribution in [0, 0.1) is 11.7 Å². The molecule has 2 rings (SSSR count). The van der Waals surface area contributed by atoms with Crippen molar-refractivity contribution in [3.05, 3.63) is 35.6 Å². The molecular formula is C16H24ClFN2O2. The van der Waals surface area contributed by atoms with Crippen LogP contribution in [-0.2, 0) is 15.1 Å². The van der Waals surface area contributed by atoms with E-state index in [1.807, 2.05) is 13.0 Å². The third-order valence-corrected chi connectivity index (χ3v) is 4.29. The molecule has 1 aliphatic rings. The van der Waals surface area contributed by atoms with Gasteiger partial charge in [-0.05, 0) is 37.5 Å². The van der Waals surface area contributed by atoms with Crippen LogP contribution in [0.5, 0.6) is 0 Å². The molecule has 124 valence electrons. The lowest BCUT2D eigenvalue weighted by Crippen LogP contribution is -2.52. The SMILES string of the molecule is CC(N)C(C)C(=O)NC1(c2cccc(F)c2)CCOCC1.Cl. The Morgan fingerprint density at radius 2 is 2.00 bits per heavy atom. The number of benzene rings is 1. The molecule has 0 saturated carbocycles. The van der Waals surface area contributed by atoms with E-state index in [0.717, 1.165) is 5.56 Å². The van der Waals surface area contributed by atoms with Gasteiger partial charge in [0.25, 0.3) is 0 Å². The summed E-state index contributed by atoms with van der Waals surface area (Å²) in [7, 11) is 0. The first-order valence-electron chi connectivity index (χ1n) is 7.36. The van der Waals surface area contributed by atoms with E-state index < -0.39 is 5.54 Å². The Bertz CT molecular complexity index is 505. The highest BCUT2D eigenvalue weighted by Gasteiger charge is 2.37. The molecule has 1 heterocycles. The number of carbonyl (C=O) groups excluding carboxylic acids is 1. The minimum Gasteiger partial charge on any atom is -0.381 e. The van der Waals surface area contributed by atoms with E-state index in [1.165, 1.54) is 12.1 Å². The van der Waals surface area contributed by atoms with E-state index in [0.29, 0.717) is 26.1 Å². The smallest absolute Gasteiger partial charge is 0.225 e. The summed E-state index contributed by atoms with van der Waals surface area (Å²) in [5.41, 5.74) is 6.02. The first kappa shape index (κ1) is 18.9. The molecule has 4 nitrogen and oxygen atoms in total. The molecule has 0 aromatic heterocycles. The van der Waals surface area contributed by atoms with Crippen LogP contribution in [-0.4, -0.2) is 25.2 Å². The van der Waals surface area contributed by atoms with Gasteiger partial charge < -0.3 is 15.8 Å². The van der Waals surface area contributed by atoms with Gasteiger partial charge in [0.05, 0.1) is 5.54 Å². The number of ether oxygens (including phenoxy) is 1. The van der Waals surface area contributed by atoms with Crippen molar-refractivity contribution in [2.75, 3.05) is 13.2 Å². The number of carbonyl (C=O) groups is 1. The molecule has 0 spiro atoms. The molecule has 1 saturated heterocycles. The lowest BCUT2D eigenvalue weighted by Gasteiger charge is -2.39. The minimum absolute atomic E-state index is 0. The van der Waals surface area contributed by atoms with E-state index in [2.05, 4.69) is 5.32 Å². The number of halogens is 2. The summed E-state index contributed by atoms with van der Waals surface area (Å²) < 4.78 is 18.9. The molecule has 1 aliphatic heterocycles. The summed E-state index contributed by atoms with van der Waals surface area (Å²) in [6, 6.07) is 6.19. The first-order valence-corrected chi connectivity index (χ1v) is 7.36. The monoisotopic (exact) mass is 330 g/mol. The Morgan fingerprint density at radius 1 is 1.36 bits per heavy atom. The summed E-state index contributed by atoms with van der Waals surface area (Å²) >= 11 is 0. The first-order chi connectivity index (χ1) is 9.94. The number of rotatable bonds is 4. The van der Waals surface area contributed by atoms with E-state index in [9.17, 15) is 9.18 Å². The molecule has 0 aliphatic carbocycles. The Labute approximate surface area is 137 Å². The number of nitrogens with one attached hydrogen (secondary N) is 1. The second-order valence-electron chi connectivity index (χ2n) is 5.84. The van der Waals surface area contributed by atoms with Gasteiger partial charge in [-0.1, -0.05) is 19.1 Å².